The molecule has 4 rings (SSSR count). The van der Waals surface area contributed by atoms with Crippen LogP contribution in [0.3, 0.4) is 0 Å². The maximum Gasteiger partial charge on any atom is 0.437 e. The highest BCUT2D eigenvalue weighted by atomic mass is 19.1. The Morgan fingerprint density at radius 1 is 0.645 bits per heavy atom. The van der Waals surface area contributed by atoms with Crippen molar-refractivity contribution >= 4 is 59.2 Å². The van der Waals surface area contributed by atoms with Gasteiger partial charge >= 0.3 is 24.4 Å². The summed E-state index contributed by atoms with van der Waals surface area (Å²) in [7, 11) is 0. The van der Waals surface area contributed by atoms with Gasteiger partial charge in [0.05, 0.1) is 18.1 Å². The number of alkyl carbamates (subject to hydrolysis) is 2. The van der Waals surface area contributed by atoms with E-state index in [-0.39, 0.29) is 42.9 Å². The third kappa shape index (κ3) is 15.9. The van der Waals surface area contributed by atoms with Gasteiger partial charge in [0, 0.05) is 37.3 Å². The van der Waals surface area contributed by atoms with E-state index in [9.17, 15) is 24.0 Å². The van der Waals surface area contributed by atoms with Crippen LogP contribution in [0.25, 0.3) is 11.1 Å². The first-order valence-electron chi connectivity index (χ1n) is 20.1. The molecule has 0 radical (unpaired) electrons. The number of benzene rings is 1. The number of aliphatic imine (C=N–C) groups is 2. The number of nitrogens with one attached hydrogen (secondary N) is 3. The van der Waals surface area contributed by atoms with E-state index in [1.54, 1.807) is 99.0 Å². The van der Waals surface area contributed by atoms with Crippen LogP contribution in [0.15, 0.2) is 52.7 Å². The number of rotatable bonds is 4. The van der Waals surface area contributed by atoms with Crippen molar-refractivity contribution in [1.82, 2.24) is 30.4 Å². The zero-order valence-corrected chi connectivity index (χ0v) is 37.5. The molecule has 2 aromatic rings. The summed E-state index contributed by atoms with van der Waals surface area (Å²) in [5.41, 5.74) is -0.791. The van der Waals surface area contributed by atoms with Crippen molar-refractivity contribution in [2.75, 3.05) is 31.5 Å². The van der Waals surface area contributed by atoms with Gasteiger partial charge < -0.3 is 34.1 Å². The molecule has 1 aromatic carbocycles. The molecule has 0 spiro atoms. The molecule has 19 heteroatoms. The van der Waals surface area contributed by atoms with Crippen LogP contribution in [0.4, 0.5) is 29.4 Å². The number of nitrogens with zero attached hydrogens (tertiary/aromatic N) is 6. The summed E-state index contributed by atoms with van der Waals surface area (Å²) in [5, 5.41) is 7.74. The van der Waals surface area contributed by atoms with Gasteiger partial charge in [-0.1, -0.05) is 18.2 Å². The summed E-state index contributed by atoms with van der Waals surface area (Å²) in [4.78, 5) is 83.6. The van der Waals surface area contributed by atoms with E-state index in [1.807, 2.05) is 6.08 Å². The number of halogens is 1. The fourth-order valence-electron chi connectivity index (χ4n) is 5.75. The number of hydrogen-bond donors (Lipinski definition) is 3. The van der Waals surface area contributed by atoms with Crippen molar-refractivity contribution in [1.29, 1.82) is 0 Å². The Balaban J connectivity index is 1.40. The van der Waals surface area contributed by atoms with E-state index >= 15 is 4.39 Å². The molecule has 18 nitrogen and oxygen atoms in total. The molecular formula is C43H58FN9O9. The molecule has 0 aliphatic carbocycles. The lowest BCUT2D eigenvalue weighted by molar-refractivity contribution is 0.0536. The molecule has 62 heavy (non-hydrogen) atoms. The van der Waals surface area contributed by atoms with Gasteiger partial charge in [-0.25, -0.2) is 28.6 Å². The van der Waals surface area contributed by atoms with Gasteiger partial charge in [0.1, 0.15) is 28.2 Å². The lowest BCUT2D eigenvalue weighted by Gasteiger charge is -2.30. The number of anilines is 1. The molecule has 1 aromatic heterocycles. The van der Waals surface area contributed by atoms with Gasteiger partial charge in [-0.15, -0.1) is 9.98 Å². The van der Waals surface area contributed by atoms with Crippen LogP contribution >= 0.6 is 0 Å². The predicted octanol–water partition coefficient (Wildman–Crippen LogP) is 7.68. The van der Waals surface area contributed by atoms with Crippen molar-refractivity contribution in [3.63, 3.8) is 0 Å². The molecule has 0 bridgehead atoms. The first-order valence-corrected chi connectivity index (χ1v) is 20.1. The van der Waals surface area contributed by atoms with E-state index in [0.717, 1.165) is 11.6 Å². The van der Waals surface area contributed by atoms with Gasteiger partial charge in [0.15, 0.2) is 5.82 Å². The SMILES string of the molecule is CC(C)(C)OC(=O)/N=C(/NC(=O)OC(C)(C)C)N1CC=C(c2cnc(NC(=O)c3ccc(C4=CCN(/C(=N\C(=O)OC(C)(C)C)NC(=O)OC(C)(C)C)CC4)c(F)c3)cn2)CC1. The second-order valence-corrected chi connectivity index (χ2v) is 18.4. The highest BCUT2D eigenvalue weighted by Crippen LogP contribution is 2.27. The summed E-state index contributed by atoms with van der Waals surface area (Å²) in [6.07, 6.45) is 3.92. The maximum absolute atomic E-state index is 15.6. The van der Waals surface area contributed by atoms with E-state index in [0.29, 0.717) is 36.2 Å². The van der Waals surface area contributed by atoms with E-state index < -0.39 is 58.5 Å². The monoisotopic (exact) mass is 863 g/mol. The van der Waals surface area contributed by atoms with Crippen LogP contribution in [-0.4, -0.2) is 111 Å². The van der Waals surface area contributed by atoms with Gasteiger partial charge in [-0.2, -0.15) is 0 Å². The third-order valence-corrected chi connectivity index (χ3v) is 8.22. The summed E-state index contributed by atoms with van der Waals surface area (Å²) < 4.78 is 36.9. The first-order chi connectivity index (χ1) is 28.6. The molecule has 2 aliphatic rings. The van der Waals surface area contributed by atoms with E-state index in [2.05, 4.69) is 35.9 Å². The van der Waals surface area contributed by atoms with Gasteiger partial charge in [0.2, 0.25) is 11.9 Å². The molecule has 0 unspecified atom stereocenters. The Labute approximate surface area is 361 Å². The number of amides is 5. The minimum Gasteiger partial charge on any atom is -0.444 e. The van der Waals surface area contributed by atoms with Crippen LogP contribution in [0.5, 0.6) is 0 Å². The Hall–Kier alpha value is -6.40. The highest BCUT2D eigenvalue weighted by molar-refractivity contribution is 6.04. The van der Waals surface area contributed by atoms with Gasteiger partial charge in [-0.05, 0) is 119 Å². The molecule has 2 aliphatic heterocycles. The normalized spacial score (nSPS) is 15.4. The van der Waals surface area contributed by atoms with Crippen molar-refractivity contribution in [2.45, 2.75) is 118 Å². The van der Waals surface area contributed by atoms with E-state index in [1.165, 1.54) is 24.5 Å². The fraction of sp³-hybridized carbons (Fsp3) is 0.512. The molecule has 5 amide bonds. The number of carbonyl (C=O) groups is 5. The molecule has 0 saturated heterocycles. The molecule has 3 N–H and O–H groups in total. The minimum atomic E-state index is -0.898. The number of ether oxygens (including phenoxy) is 4. The highest BCUT2D eigenvalue weighted by Gasteiger charge is 2.27. The van der Waals surface area contributed by atoms with Crippen molar-refractivity contribution in [3.05, 3.63) is 65.4 Å². The number of carbonyl (C=O) groups excluding carboxylic acids is 5. The Morgan fingerprint density at radius 3 is 1.50 bits per heavy atom. The molecule has 0 fully saturated rings. The quantitative estimate of drug-likeness (QED) is 0.153. The molecule has 336 valence electrons. The number of hydrogen-bond acceptors (Lipinski definition) is 11. The summed E-state index contributed by atoms with van der Waals surface area (Å²) >= 11 is 0. The second-order valence-electron chi connectivity index (χ2n) is 18.4. The second kappa shape index (κ2) is 19.5. The Morgan fingerprint density at radius 2 is 1.11 bits per heavy atom. The predicted molar refractivity (Wildman–Crippen MR) is 231 cm³/mol. The summed E-state index contributed by atoms with van der Waals surface area (Å²) in [6.45, 7) is 21.5. The lowest BCUT2D eigenvalue weighted by Crippen LogP contribution is -2.48. The molecular weight excluding hydrogens is 806 g/mol. The van der Waals surface area contributed by atoms with E-state index in [4.69, 9.17) is 18.9 Å². The first kappa shape index (κ1) is 48.3. The number of guanidine groups is 2. The van der Waals surface area contributed by atoms with Crippen LogP contribution in [0, 0.1) is 5.82 Å². The molecule has 3 heterocycles. The fourth-order valence-corrected chi connectivity index (χ4v) is 5.75. The smallest absolute Gasteiger partial charge is 0.437 e. The van der Waals surface area contributed by atoms with Crippen LogP contribution < -0.4 is 16.0 Å². The standard InChI is InChI=1S/C43H58FN9O9/c1-40(2,3)59-36(55)48-34(49-37(56)60-41(4,5)6)52-19-15-26(16-20-52)29-14-13-28(23-30(29)44)33(54)47-32-25-45-31(24-46-32)27-17-21-53(22-18-27)35(50-38(57)61-42(7,8)9)51-39(58)62-43(10,11)12/h13-15,17,23-25H,16,18-22H2,1-12H3,(H,46,47,54)(H,48,49,55,56)(H,50,51,57,58). The zero-order valence-electron chi connectivity index (χ0n) is 37.5. The van der Waals surface area contributed by atoms with Gasteiger partial charge in [-0.3, -0.25) is 20.4 Å². The van der Waals surface area contributed by atoms with Crippen molar-refractivity contribution in [2.24, 2.45) is 9.98 Å². The van der Waals surface area contributed by atoms with Gasteiger partial charge in [0.25, 0.3) is 5.91 Å². The maximum atomic E-state index is 15.6. The average molecular weight is 864 g/mol. The van der Waals surface area contributed by atoms with Crippen LogP contribution in [0.2, 0.25) is 0 Å². The zero-order chi connectivity index (χ0) is 46.2. The summed E-state index contributed by atoms with van der Waals surface area (Å²) in [5.74, 6) is -1.16. The largest absolute Gasteiger partial charge is 0.444 e. The van der Waals surface area contributed by atoms with Crippen molar-refractivity contribution in [3.8, 4) is 0 Å². The Bertz CT molecular complexity index is 2140. The topological polar surface area (TPSA) is 215 Å². The Kier molecular flexibility index (Phi) is 15.2. The number of aromatic nitrogens is 2. The third-order valence-electron chi connectivity index (χ3n) is 8.22. The lowest BCUT2D eigenvalue weighted by atomic mass is 9.97. The van der Waals surface area contributed by atoms with Crippen LogP contribution in [0.1, 0.15) is 118 Å². The molecule has 0 saturated carbocycles. The molecule has 0 atom stereocenters. The van der Waals surface area contributed by atoms with Crippen molar-refractivity contribution < 1.29 is 47.3 Å². The summed E-state index contributed by atoms with van der Waals surface area (Å²) in [6, 6.07) is 4.15. The average Bonchev–Trinajstić information content (AvgIpc) is 3.11. The minimum absolute atomic E-state index is 0.0232. The van der Waals surface area contributed by atoms with Crippen LogP contribution in [-0.2, 0) is 18.9 Å².